The molecule has 7 aromatic rings. The number of fused-ring (bicyclic) bond motifs is 4. The molecule has 0 aromatic heterocycles. The first-order chi connectivity index (χ1) is 26.3. The highest BCUT2D eigenvalue weighted by Crippen LogP contribution is 2.59. The average molecular weight is 731 g/mol. The molecule has 0 bridgehead atoms. The minimum absolute atomic E-state index is 0.595. The van der Waals surface area contributed by atoms with E-state index in [-0.39, 0.29) is 0 Å². The van der Waals surface area contributed by atoms with Crippen LogP contribution in [0.3, 0.4) is 0 Å². The monoisotopic (exact) mass is 730 g/mol. The Labute approximate surface area is 325 Å². The van der Waals surface area contributed by atoms with E-state index in [1.54, 1.807) is 23.5 Å². The number of anilines is 6. The standard InChI is InChI=1S/C48H34N4S2/c1-29-11-15-38-44(19-29)53-45-20-30(2)12-16-39(45)51(38)42-25-37(35-9-5-7-33(23-35)27-49)26-43(48(42)36-10-6-8-34(24-36)28-50)52-40-17-13-31(3)21-46(40)54-47-22-32(4)14-18-41(47)52/h5-26H,1-4H3. The summed E-state index contributed by atoms with van der Waals surface area (Å²) in [6.45, 7) is 8.57. The highest BCUT2D eigenvalue weighted by atomic mass is 32.2. The van der Waals surface area contributed by atoms with Crippen LogP contribution in [-0.2, 0) is 0 Å². The largest absolute Gasteiger partial charge is 0.307 e. The predicted octanol–water partition coefficient (Wildman–Crippen LogP) is 13.9. The molecule has 0 radical (unpaired) electrons. The molecule has 0 amide bonds. The number of nitrogens with zero attached hydrogens (tertiary/aromatic N) is 4. The fraction of sp³-hybridized carbons (Fsp3) is 0.0833. The normalized spacial score (nSPS) is 12.6. The Kier molecular flexibility index (Phi) is 8.32. The third kappa shape index (κ3) is 5.81. The zero-order valence-electron chi connectivity index (χ0n) is 30.3. The van der Waals surface area contributed by atoms with Gasteiger partial charge in [0.1, 0.15) is 0 Å². The zero-order valence-corrected chi connectivity index (χ0v) is 31.9. The fourth-order valence-electron chi connectivity index (χ4n) is 7.51. The van der Waals surface area contributed by atoms with Gasteiger partial charge in [0.05, 0.1) is 57.4 Å². The number of hydrogen-bond acceptors (Lipinski definition) is 6. The van der Waals surface area contributed by atoms with Crippen LogP contribution in [0.2, 0.25) is 0 Å². The van der Waals surface area contributed by atoms with Gasteiger partial charge in [0.15, 0.2) is 0 Å². The van der Waals surface area contributed by atoms with Gasteiger partial charge in [0, 0.05) is 25.1 Å². The van der Waals surface area contributed by atoms with Crippen molar-refractivity contribution in [3.05, 3.63) is 167 Å². The first kappa shape index (κ1) is 33.6. The van der Waals surface area contributed by atoms with Gasteiger partial charge in [0.2, 0.25) is 0 Å². The zero-order chi connectivity index (χ0) is 37.1. The number of nitriles is 2. The van der Waals surface area contributed by atoms with E-state index in [1.807, 2.05) is 36.4 Å². The van der Waals surface area contributed by atoms with E-state index < -0.39 is 0 Å². The summed E-state index contributed by atoms with van der Waals surface area (Å²) < 4.78 is 0. The molecule has 0 spiro atoms. The van der Waals surface area contributed by atoms with Crippen LogP contribution in [0.15, 0.2) is 153 Å². The highest BCUT2D eigenvalue weighted by molar-refractivity contribution is 8.00. The molecule has 9 rings (SSSR count). The predicted molar refractivity (Wildman–Crippen MR) is 223 cm³/mol. The van der Waals surface area contributed by atoms with Gasteiger partial charge in [-0.2, -0.15) is 10.5 Å². The van der Waals surface area contributed by atoms with Crippen LogP contribution < -0.4 is 9.80 Å². The lowest BCUT2D eigenvalue weighted by molar-refractivity contribution is 1.13. The Morgan fingerprint density at radius 1 is 0.389 bits per heavy atom. The quantitative estimate of drug-likeness (QED) is 0.180. The summed E-state index contributed by atoms with van der Waals surface area (Å²) in [5.41, 5.74) is 16.2. The van der Waals surface area contributed by atoms with Crippen molar-refractivity contribution >= 4 is 57.6 Å². The summed E-state index contributed by atoms with van der Waals surface area (Å²) in [6, 6.07) is 51.9. The fourth-order valence-corrected chi connectivity index (χ4v) is 10.0. The molecule has 0 saturated carbocycles. The summed E-state index contributed by atoms with van der Waals surface area (Å²) >= 11 is 3.61. The van der Waals surface area contributed by atoms with Crippen molar-refractivity contribution in [3.8, 4) is 34.4 Å². The summed E-state index contributed by atoms with van der Waals surface area (Å²) in [4.78, 5) is 9.53. The van der Waals surface area contributed by atoms with Gasteiger partial charge in [-0.05, 0) is 152 Å². The summed E-state index contributed by atoms with van der Waals surface area (Å²) in [5.74, 6) is 0. The van der Waals surface area contributed by atoms with Crippen LogP contribution in [0.4, 0.5) is 34.1 Å². The summed E-state index contributed by atoms with van der Waals surface area (Å²) in [7, 11) is 0. The third-order valence-corrected chi connectivity index (χ3v) is 12.2. The van der Waals surface area contributed by atoms with Crippen LogP contribution in [0, 0.1) is 50.4 Å². The lowest BCUT2D eigenvalue weighted by Crippen LogP contribution is -2.20. The van der Waals surface area contributed by atoms with Gasteiger partial charge in [-0.15, -0.1) is 0 Å². The van der Waals surface area contributed by atoms with Crippen molar-refractivity contribution in [1.82, 2.24) is 0 Å². The van der Waals surface area contributed by atoms with E-state index in [1.165, 1.54) is 41.8 Å². The molecule has 54 heavy (non-hydrogen) atoms. The molecule has 0 aliphatic carbocycles. The second-order valence-corrected chi connectivity index (χ2v) is 16.2. The van der Waals surface area contributed by atoms with E-state index in [2.05, 4.69) is 147 Å². The molecular formula is C48H34N4S2. The molecule has 2 aliphatic rings. The van der Waals surface area contributed by atoms with Crippen LogP contribution >= 0.6 is 23.5 Å². The Balaban J connectivity index is 1.46. The summed E-state index contributed by atoms with van der Waals surface area (Å²) in [5, 5.41) is 20.2. The van der Waals surface area contributed by atoms with Gasteiger partial charge >= 0.3 is 0 Å². The van der Waals surface area contributed by atoms with E-state index in [9.17, 15) is 10.5 Å². The molecule has 7 aromatic carbocycles. The molecule has 2 aliphatic heterocycles. The Hall–Kier alpha value is -6.18. The van der Waals surface area contributed by atoms with Gasteiger partial charge in [0.25, 0.3) is 0 Å². The van der Waals surface area contributed by atoms with E-state index in [4.69, 9.17) is 0 Å². The number of aryl methyl sites for hydroxylation is 4. The van der Waals surface area contributed by atoms with Crippen LogP contribution in [0.5, 0.6) is 0 Å². The third-order valence-electron chi connectivity index (χ3n) is 10.0. The molecule has 0 atom stereocenters. The minimum atomic E-state index is 0.595. The number of rotatable bonds is 4. The Morgan fingerprint density at radius 2 is 0.759 bits per heavy atom. The molecule has 258 valence electrons. The molecule has 0 N–H and O–H groups in total. The molecule has 6 heteroatoms. The lowest BCUT2D eigenvalue weighted by Gasteiger charge is -2.39. The highest BCUT2D eigenvalue weighted by Gasteiger charge is 2.33. The average Bonchev–Trinajstić information content (AvgIpc) is 3.18. The molecule has 2 heterocycles. The van der Waals surface area contributed by atoms with E-state index in [0.717, 1.165) is 56.4 Å². The van der Waals surface area contributed by atoms with Gasteiger partial charge < -0.3 is 9.80 Å². The second-order valence-electron chi connectivity index (χ2n) is 14.0. The Morgan fingerprint density at radius 3 is 1.15 bits per heavy atom. The van der Waals surface area contributed by atoms with E-state index >= 15 is 0 Å². The maximum Gasteiger partial charge on any atom is 0.0991 e. The van der Waals surface area contributed by atoms with Crippen molar-refractivity contribution in [3.63, 3.8) is 0 Å². The second kappa shape index (κ2) is 13.3. The smallest absolute Gasteiger partial charge is 0.0991 e. The maximum atomic E-state index is 10.2. The molecule has 0 saturated heterocycles. The summed E-state index contributed by atoms with van der Waals surface area (Å²) in [6.07, 6.45) is 0. The number of hydrogen-bond donors (Lipinski definition) is 0. The van der Waals surface area contributed by atoms with Crippen molar-refractivity contribution < 1.29 is 0 Å². The first-order valence-electron chi connectivity index (χ1n) is 17.9. The molecular weight excluding hydrogens is 697 g/mol. The van der Waals surface area contributed by atoms with Crippen LogP contribution in [-0.4, -0.2) is 0 Å². The van der Waals surface area contributed by atoms with E-state index in [0.29, 0.717) is 11.1 Å². The molecule has 4 nitrogen and oxygen atoms in total. The molecule has 0 unspecified atom stereocenters. The lowest BCUT2D eigenvalue weighted by atomic mass is 9.92. The van der Waals surface area contributed by atoms with Crippen LogP contribution in [0.1, 0.15) is 33.4 Å². The van der Waals surface area contributed by atoms with Crippen molar-refractivity contribution in [1.29, 1.82) is 10.5 Å². The number of benzene rings is 7. The van der Waals surface area contributed by atoms with Crippen molar-refractivity contribution in [2.24, 2.45) is 0 Å². The van der Waals surface area contributed by atoms with Gasteiger partial charge in [-0.3, -0.25) is 0 Å². The van der Waals surface area contributed by atoms with Gasteiger partial charge in [-0.1, -0.05) is 72.1 Å². The van der Waals surface area contributed by atoms with Crippen LogP contribution in [0.25, 0.3) is 22.3 Å². The Bertz CT molecular complexity index is 2540. The molecule has 0 fully saturated rings. The maximum absolute atomic E-state index is 10.2. The van der Waals surface area contributed by atoms with Crippen molar-refractivity contribution in [2.75, 3.05) is 9.80 Å². The topological polar surface area (TPSA) is 54.1 Å². The first-order valence-corrected chi connectivity index (χ1v) is 19.5. The minimum Gasteiger partial charge on any atom is -0.307 e. The van der Waals surface area contributed by atoms with Gasteiger partial charge in [-0.25, -0.2) is 0 Å². The SMILES string of the molecule is Cc1ccc2c(c1)Sc1cc(C)ccc1N2c1cc(-c2cccc(C#N)c2)cc(N2c3ccc(C)cc3Sc3cc(C)ccc32)c1-c1cccc(C#N)c1. The van der Waals surface area contributed by atoms with Crippen molar-refractivity contribution in [2.45, 2.75) is 47.3 Å².